The van der Waals surface area contributed by atoms with Gasteiger partial charge in [0.2, 0.25) is 0 Å². The third kappa shape index (κ3) is 6.13. The van der Waals surface area contributed by atoms with Crippen LogP contribution in [0.15, 0.2) is 47.6 Å². The molecular weight excluding hydrogens is 519 g/mol. The topological polar surface area (TPSA) is 57.6 Å². The Labute approximate surface area is 220 Å². The summed E-state index contributed by atoms with van der Waals surface area (Å²) in [5.74, 6) is -1.34. The Kier molecular flexibility index (Phi) is 9.41. The lowest BCUT2D eigenvalue weighted by atomic mass is 10.1. The maximum atomic E-state index is 14.9. The van der Waals surface area contributed by atoms with Crippen molar-refractivity contribution in [3.8, 4) is 0 Å². The number of hydrogen-bond acceptors (Lipinski definition) is 10. The second-order valence-electron chi connectivity index (χ2n) is 7.72. The third-order valence-electron chi connectivity index (χ3n) is 5.20. The number of anilines is 1. The first kappa shape index (κ1) is 27.0. The van der Waals surface area contributed by atoms with Crippen LogP contribution in [0.2, 0.25) is 5.02 Å². The van der Waals surface area contributed by atoms with Gasteiger partial charge in [-0.25, -0.2) is 9.18 Å². The fourth-order valence-electron chi connectivity index (χ4n) is 3.24. The van der Waals surface area contributed by atoms with Crippen molar-refractivity contribution < 1.29 is 18.8 Å². The summed E-state index contributed by atoms with van der Waals surface area (Å²) in [5.41, 5.74) is 0.126. The SMILES string of the molecule is CC(COC(=O)c1cc(N2C(S)N(C)C(S)N(C)C2S)c(F)cc1Cl)=NOCc1ccccc1. The number of hydrogen-bond donors (Lipinski definition) is 3. The molecule has 0 amide bonds. The Morgan fingerprint density at radius 3 is 2.32 bits per heavy atom. The highest BCUT2D eigenvalue weighted by atomic mass is 35.5. The number of esters is 1. The van der Waals surface area contributed by atoms with Gasteiger partial charge in [0, 0.05) is 0 Å². The van der Waals surface area contributed by atoms with Gasteiger partial charge in [0.1, 0.15) is 35.5 Å². The molecule has 1 heterocycles. The van der Waals surface area contributed by atoms with Crippen molar-refractivity contribution >= 4 is 66.9 Å². The van der Waals surface area contributed by atoms with Gasteiger partial charge in [-0.3, -0.25) is 9.80 Å². The minimum Gasteiger partial charge on any atom is -0.456 e. The lowest BCUT2D eigenvalue weighted by Gasteiger charge is -2.52. The van der Waals surface area contributed by atoms with Gasteiger partial charge in [0.15, 0.2) is 0 Å². The van der Waals surface area contributed by atoms with E-state index in [0.717, 1.165) is 11.6 Å². The summed E-state index contributed by atoms with van der Waals surface area (Å²) in [7, 11) is 3.59. The van der Waals surface area contributed by atoms with Gasteiger partial charge >= 0.3 is 5.97 Å². The lowest BCUT2D eigenvalue weighted by molar-refractivity contribution is 0.0555. The minimum atomic E-state index is -0.721. The fourth-order valence-corrected chi connectivity index (χ4v) is 4.79. The van der Waals surface area contributed by atoms with E-state index in [4.69, 9.17) is 21.2 Å². The molecule has 1 aliphatic rings. The smallest absolute Gasteiger partial charge is 0.340 e. The van der Waals surface area contributed by atoms with Crippen molar-refractivity contribution in [2.24, 2.45) is 5.16 Å². The molecule has 0 bridgehead atoms. The highest BCUT2D eigenvalue weighted by Crippen LogP contribution is 2.37. The van der Waals surface area contributed by atoms with Crippen molar-refractivity contribution in [2.45, 2.75) is 30.0 Å². The van der Waals surface area contributed by atoms with Crippen molar-refractivity contribution in [1.82, 2.24) is 9.80 Å². The summed E-state index contributed by atoms with van der Waals surface area (Å²) in [4.78, 5) is 23.2. The summed E-state index contributed by atoms with van der Waals surface area (Å²) in [6.07, 6.45) is 0. The predicted molar refractivity (Wildman–Crippen MR) is 142 cm³/mol. The lowest BCUT2D eigenvalue weighted by Crippen LogP contribution is -2.64. The highest BCUT2D eigenvalue weighted by Gasteiger charge is 2.40. The Morgan fingerprint density at radius 1 is 1.09 bits per heavy atom. The summed E-state index contributed by atoms with van der Waals surface area (Å²) < 4.78 is 20.3. The van der Waals surface area contributed by atoms with Gasteiger partial charge in [-0.1, -0.05) is 47.1 Å². The number of thiol groups is 3. The molecule has 2 aromatic carbocycles. The molecule has 0 N–H and O–H groups in total. The van der Waals surface area contributed by atoms with E-state index in [0.29, 0.717) is 12.3 Å². The highest BCUT2D eigenvalue weighted by molar-refractivity contribution is 7.82. The fraction of sp³-hybridized carbons (Fsp3) is 0.364. The van der Waals surface area contributed by atoms with E-state index in [-0.39, 0.29) is 28.4 Å². The van der Waals surface area contributed by atoms with Crippen LogP contribution in [-0.2, 0) is 16.2 Å². The van der Waals surface area contributed by atoms with Crippen LogP contribution in [0.4, 0.5) is 10.1 Å². The van der Waals surface area contributed by atoms with E-state index < -0.39 is 22.8 Å². The predicted octanol–water partition coefficient (Wildman–Crippen LogP) is 4.55. The number of carbonyl (C=O) groups excluding carboxylic acids is 1. The second kappa shape index (κ2) is 11.9. The summed E-state index contributed by atoms with van der Waals surface area (Å²) in [5, 5.41) is 3.89. The van der Waals surface area contributed by atoms with Crippen LogP contribution >= 0.6 is 49.5 Å². The first-order chi connectivity index (χ1) is 16.1. The van der Waals surface area contributed by atoms with E-state index in [1.807, 2.05) is 30.3 Å². The minimum absolute atomic E-state index is 0.00967. The molecule has 2 unspecified atom stereocenters. The number of benzene rings is 2. The van der Waals surface area contributed by atoms with E-state index >= 15 is 0 Å². The van der Waals surface area contributed by atoms with Crippen molar-refractivity contribution in [2.75, 3.05) is 25.6 Å². The molecule has 34 heavy (non-hydrogen) atoms. The number of nitrogens with zero attached hydrogens (tertiary/aromatic N) is 4. The summed E-state index contributed by atoms with van der Waals surface area (Å²) >= 11 is 19.9. The largest absolute Gasteiger partial charge is 0.456 e. The second-order valence-corrected chi connectivity index (χ2v) is 9.52. The number of ether oxygens (including phenoxy) is 1. The van der Waals surface area contributed by atoms with Crippen LogP contribution in [0, 0.1) is 5.82 Å². The van der Waals surface area contributed by atoms with Crippen LogP contribution in [-0.4, -0.2) is 58.7 Å². The monoisotopic (exact) mass is 544 g/mol. The Balaban J connectivity index is 1.71. The average Bonchev–Trinajstić information content (AvgIpc) is 2.82. The molecule has 0 saturated carbocycles. The summed E-state index contributed by atoms with van der Waals surface area (Å²) in [6, 6.07) is 12.0. The average molecular weight is 545 g/mol. The van der Waals surface area contributed by atoms with Gasteiger partial charge in [0.05, 0.1) is 22.0 Å². The molecule has 2 atom stereocenters. The maximum absolute atomic E-state index is 14.9. The number of oxime groups is 1. The molecule has 1 saturated heterocycles. The third-order valence-corrected chi connectivity index (χ3v) is 7.46. The number of carbonyl (C=O) groups is 1. The van der Waals surface area contributed by atoms with Gasteiger partial charge in [-0.15, -0.1) is 37.9 Å². The molecule has 3 rings (SSSR count). The number of halogens is 2. The van der Waals surface area contributed by atoms with E-state index in [1.54, 1.807) is 35.7 Å². The quantitative estimate of drug-likeness (QED) is 0.206. The standard InChI is InChI=1S/C22H26ClFN4O3S3/c1-13(25-31-12-14-7-5-4-6-8-14)11-30-19(29)15-9-18(17(24)10-16(15)23)28-21(33)26(2)20(32)27(3)22(28)34/h4-10,20-22,32-34H,11-12H2,1-3H3. The molecule has 12 heteroatoms. The molecule has 0 radical (unpaired) electrons. The Morgan fingerprint density at radius 2 is 1.71 bits per heavy atom. The van der Waals surface area contributed by atoms with Crippen LogP contribution in [0.5, 0.6) is 0 Å². The van der Waals surface area contributed by atoms with Crippen molar-refractivity contribution in [3.63, 3.8) is 0 Å². The van der Waals surface area contributed by atoms with Crippen molar-refractivity contribution in [1.29, 1.82) is 0 Å². The van der Waals surface area contributed by atoms with E-state index in [2.05, 4.69) is 43.0 Å². The zero-order valence-corrected chi connectivity index (χ0v) is 22.2. The normalized spacial score (nSPS) is 22.1. The molecule has 0 aromatic heterocycles. The zero-order chi connectivity index (χ0) is 25.0. The Bertz CT molecular complexity index is 1030. The first-order valence-electron chi connectivity index (χ1n) is 10.2. The van der Waals surface area contributed by atoms with Crippen LogP contribution in [0.1, 0.15) is 22.8 Å². The van der Waals surface area contributed by atoms with E-state index in [9.17, 15) is 9.18 Å². The van der Waals surface area contributed by atoms with Gasteiger partial charge in [-0.2, -0.15) is 0 Å². The van der Waals surface area contributed by atoms with Crippen LogP contribution in [0.3, 0.4) is 0 Å². The van der Waals surface area contributed by atoms with Crippen molar-refractivity contribution in [3.05, 3.63) is 64.4 Å². The molecule has 1 fully saturated rings. The molecular formula is C22H26ClFN4O3S3. The zero-order valence-electron chi connectivity index (χ0n) is 18.8. The molecule has 1 aliphatic heterocycles. The Hall–Kier alpha value is -1.63. The molecule has 0 aliphatic carbocycles. The van der Waals surface area contributed by atoms with Gasteiger partial charge < -0.3 is 14.5 Å². The maximum Gasteiger partial charge on any atom is 0.340 e. The van der Waals surface area contributed by atoms with E-state index in [1.165, 1.54) is 6.07 Å². The van der Waals surface area contributed by atoms with Crippen LogP contribution in [0.25, 0.3) is 0 Å². The molecule has 184 valence electrons. The summed E-state index contributed by atoms with van der Waals surface area (Å²) in [6.45, 7) is 1.85. The van der Waals surface area contributed by atoms with Gasteiger partial charge in [0.25, 0.3) is 0 Å². The number of rotatable bonds is 7. The molecule has 0 spiro atoms. The molecule has 2 aromatic rings. The first-order valence-corrected chi connectivity index (χ1v) is 12.2. The van der Waals surface area contributed by atoms with Gasteiger partial charge in [-0.05, 0) is 38.7 Å². The van der Waals surface area contributed by atoms with Crippen LogP contribution < -0.4 is 4.90 Å². The molecule has 7 nitrogen and oxygen atoms in total.